The molecule has 1 rings (SSSR count). The number of benzene rings is 1. The van der Waals surface area contributed by atoms with Crippen LogP contribution in [0.1, 0.15) is 20.3 Å². The second kappa shape index (κ2) is 6.88. The molecule has 0 radical (unpaired) electrons. The maximum atomic E-state index is 11.6. The zero-order valence-corrected chi connectivity index (χ0v) is 12.4. The van der Waals surface area contributed by atoms with Gasteiger partial charge in [-0.25, -0.2) is 13.1 Å². The van der Waals surface area contributed by atoms with E-state index in [1.807, 2.05) is 0 Å². The zero-order valence-electron chi connectivity index (χ0n) is 11.6. The molecule has 1 aromatic carbocycles. The van der Waals surface area contributed by atoms with E-state index in [1.165, 1.54) is 19.2 Å². The van der Waals surface area contributed by atoms with Crippen LogP contribution in [0.15, 0.2) is 29.2 Å². The molecule has 6 heteroatoms. The van der Waals surface area contributed by atoms with Gasteiger partial charge in [-0.15, -0.1) is 0 Å². The van der Waals surface area contributed by atoms with E-state index in [9.17, 15) is 13.5 Å². The SMILES string of the molecule is CNS(=O)(=O)c1ccc(NC(CO)CC(C)C)cc1. The van der Waals surface area contributed by atoms with Crippen LogP contribution in [0, 0.1) is 5.92 Å². The molecule has 0 aliphatic carbocycles. The Balaban J connectivity index is 2.76. The van der Waals surface area contributed by atoms with Gasteiger partial charge in [-0.1, -0.05) is 13.8 Å². The fourth-order valence-corrected chi connectivity index (χ4v) is 2.56. The third kappa shape index (κ3) is 4.81. The molecule has 1 unspecified atom stereocenters. The molecule has 0 saturated heterocycles. The monoisotopic (exact) mass is 286 g/mol. The number of anilines is 1. The number of aliphatic hydroxyl groups is 1. The number of hydrogen-bond donors (Lipinski definition) is 3. The Morgan fingerprint density at radius 2 is 1.79 bits per heavy atom. The highest BCUT2D eigenvalue weighted by atomic mass is 32.2. The summed E-state index contributed by atoms with van der Waals surface area (Å²) in [5.74, 6) is 0.480. The van der Waals surface area contributed by atoms with Crippen LogP contribution in [0.3, 0.4) is 0 Å². The van der Waals surface area contributed by atoms with Crippen LogP contribution in [0.25, 0.3) is 0 Å². The molecule has 0 aromatic heterocycles. The predicted octanol–water partition coefficient (Wildman–Crippen LogP) is 1.41. The maximum Gasteiger partial charge on any atom is 0.240 e. The fraction of sp³-hybridized carbons (Fsp3) is 0.538. The molecule has 0 amide bonds. The van der Waals surface area contributed by atoms with Gasteiger partial charge in [-0.3, -0.25) is 0 Å². The summed E-state index contributed by atoms with van der Waals surface area (Å²) in [6.45, 7) is 4.23. The summed E-state index contributed by atoms with van der Waals surface area (Å²) in [5, 5.41) is 12.5. The van der Waals surface area contributed by atoms with Crippen LogP contribution >= 0.6 is 0 Å². The molecule has 0 heterocycles. The van der Waals surface area contributed by atoms with Crippen molar-refractivity contribution in [1.29, 1.82) is 0 Å². The van der Waals surface area contributed by atoms with Crippen LogP contribution in [-0.4, -0.2) is 33.2 Å². The highest BCUT2D eigenvalue weighted by Gasteiger charge is 2.12. The van der Waals surface area contributed by atoms with Gasteiger partial charge in [0.25, 0.3) is 0 Å². The molecule has 0 aliphatic heterocycles. The molecule has 1 aromatic rings. The summed E-state index contributed by atoms with van der Waals surface area (Å²) in [6.07, 6.45) is 0.854. The van der Waals surface area contributed by atoms with Crippen molar-refractivity contribution in [1.82, 2.24) is 4.72 Å². The van der Waals surface area contributed by atoms with Crippen molar-refractivity contribution >= 4 is 15.7 Å². The second-order valence-electron chi connectivity index (χ2n) is 4.89. The minimum Gasteiger partial charge on any atom is -0.394 e. The van der Waals surface area contributed by atoms with Crippen molar-refractivity contribution in [3.05, 3.63) is 24.3 Å². The number of hydrogen-bond acceptors (Lipinski definition) is 4. The Bertz CT molecular complexity index is 483. The predicted molar refractivity (Wildman–Crippen MR) is 76.6 cm³/mol. The summed E-state index contributed by atoms with van der Waals surface area (Å²) < 4.78 is 25.4. The van der Waals surface area contributed by atoms with Crippen molar-refractivity contribution in [3.63, 3.8) is 0 Å². The van der Waals surface area contributed by atoms with Crippen molar-refractivity contribution in [2.45, 2.75) is 31.2 Å². The largest absolute Gasteiger partial charge is 0.394 e. The molecule has 5 nitrogen and oxygen atoms in total. The van der Waals surface area contributed by atoms with Gasteiger partial charge < -0.3 is 10.4 Å². The van der Waals surface area contributed by atoms with Crippen LogP contribution in [-0.2, 0) is 10.0 Å². The van der Waals surface area contributed by atoms with E-state index in [2.05, 4.69) is 23.9 Å². The molecule has 1 atom stereocenters. The van der Waals surface area contributed by atoms with Crippen LogP contribution < -0.4 is 10.0 Å². The third-order valence-corrected chi connectivity index (χ3v) is 4.21. The van der Waals surface area contributed by atoms with Gasteiger partial charge >= 0.3 is 0 Å². The lowest BCUT2D eigenvalue weighted by atomic mass is 10.0. The van der Waals surface area contributed by atoms with Crippen molar-refractivity contribution in [3.8, 4) is 0 Å². The van der Waals surface area contributed by atoms with Gasteiger partial charge in [-0.05, 0) is 43.7 Å². The van der Waals surface area contributed by atoms with Gasteiger partial charge in [0, 0.05) is 11.7 Å². The first-order chi connectivity index (χ1) is 8.89. The molecule has 3 N–H and O–H groups in total. The summed E-state index contributed by atoms with van der Waals surface area (Å²) in [6, 6.07) is 6.46. The normalized spacial score (nSPS) is 13.5. The topological polar surface area (TPSA) is 78.4 Å². The minimum atomic E-state index is -3.40. The lowest BCUT2D eigenvalue weighted by Crippen LogP contribution is -2.25. The average molecular weight is 286 g/mol. The maximum absolute atomic E-state index is 11.6. The van der Waals surface area contributed by atoms with E-state index >= 15 is 0 Å². The van der Waals surface area contributed by atoms with E-state index in [0.29, 0.717) is 5.92 Å². The third-order valence-electron chi connectivity index (χ3n) is 2.78. The molecule has 19 heavy (non-hydrogen) atoms. The molecule has 0 spiro atoms. The van der Waals surface area contributed by atoms with E-state index < -0.39 is 10.0 Å². The molecule has 0 aliphatic rings. The number of nitrogens with one attached hydrogen (secondary N) is 2. The van der Waals surface area contributed by atoms with Gasteiger partial charge in [0.1, 0.15) is 0 Å². The van der Waals surface area contributed by atoms with Gasteiger partial charge in [-0.2, -0.15) is 0 Å². The second-order valence-corrected chi connectivity index (χ2v) is 6.77. The average Bonchev–Trinajstić information content (AvgIpc) is 2.38. The van der Waals surface area contributed by atoms with E-state index in [0.717, 1.165) is 12.1 Å². The van der Waals surface area contributed by atoms with Crippen LogP contribution in [0.2, 0.25) is 0 Å². The molecule has 108 valence electrons. The summed E-state index contributed by atoms with van der Waals surface area (Å²) in [5.41, 5.74) is 0.801. The smallest absolute Gasteiger partial charge is 0.240 e. The van der Waals surface area contributed by atoms with Gasteiger partial charge in [0.2, 0.25) is 10.0 Å². The number of rotatable bonds is 7. The highest BCUT2D eigenvalue weighted by Crippen LogP contribution is 2.16. The standard InChI is InChI=1S/C13H22N2O3S/c1-10(2)8-12(9-16)15-11-4-6-13(7-5-11)19(17,18)14-3/h4-7,10,12,14-16H,8-9H2,1-3H3. The minimum absolute atomic E-state index is 0.0215. The van der Waals surface area contributed by atoms with Crippen molar-refractivity contribution in [2.24, 2.45) is 5.92 Å². The Morgan fingerprint density at radius 3 is 2.21 bits per heavy atom. The van der Waals surface area contributed by atoms with Gasteiger partial charge in [0.15, 0.2) is 0 Å². The van der Waals surface area contributed by atoms with Crippen molar-refractivity contribution in [2.75, 3.05) is 19.0 Å². The first kappa shape index (κ1) is 15.9. The Kier molecular flexibility index (Phi) is 5.78. The fourth-order valence-electron chi connectivity index (χ4n) is 1.83. The molecular weight excluding hydrogens is 264 g/mol. The molecule has 0 saturated carbocycles. The number of sulfonamides is 1. The van der Waals surface area contributed by atoms with Crippen LogP contribution in [0.5, 0.6) is 0 Å². The highest BCUT2D eigenvalue weighted by molar-refractivity contribution is 7.89. The summed E-state index contributed by atoms with van der Waals surface area (Å²) >= 11 is 0. The van der Waals surface area contributed by atoms with Crippen LogP contribution in [0.4, 0.5) is 5.69 Å². The lowest BCUT2D eigenvalue weighted by Gasteiger charge is -2.19. The summed E-state index contributed by atoms with van der Waals surface area (Å²) in [4.78, 5) is 0.227. The van der Waals surface area contributed by atoms with E-state index in [1.54, 1.807) is 12.1 Å². The molecule has 0 fully saturated rings. The van der Waals surface area contributed by atoms with Gasteiger partial charge in [0.05, 0.1) is 11.5 Å². The first-order valence-electron chi connectivity index (χ1n) is 6.30. The Morgan fingerprint density at radius 1 is 1.21 bits per heavy atom. The molecule has 0 bridgehead atoms. The zero-order chi connectivity index (χ0) is 14.5. The van der Waals surface area contributed by atoms with E-state index in [4.69, 9.17) is 0 Å². The molecular formula is C13H22N2O3S. The van der Waals surface area contributed by atoms with E-state index in [-0.39, 0.29) is 17.5 Å². The number of aliphatic hydroxyl groups excluding tert-OH is 1. The quantitative estimate of drug-likeness (QED) is 0.708. The van der Waals surface area contributed by atoms with Crippen molar-refractivity contribution < 1.29 is 13.5 Å². The summed E-state index contributed by atoms with van der Waals surface area (Å²) in [7, 11) is -2.01. The Hall–Kier alpha value is -1.11. The first-order valence-corrected chi connectivity index (χ1v) is 7.78. The lowest BCUT2D eigenvalue weighted by molar-refractivity contribution is 0.259. The Labute approximate surface area is 115 Å².